The van der Waals surface area contributed by atoms with E-state index in [1.54, 1.807) is 60.9 Å². The normalized spacial score (nSPS) is 10.6. The Hall–Kier alpha value is -3.87. The molecule has 0 radical (unpaired) electrons. The molecule has 0 saturated heterocycles. The van der Waals surface area contributed by atoms with Crippen molar-refractivity contribution in [2.45, 2.75) is 6.54 Å². The molecule has 2 aromatic carbocycles. The van der Waals surface area contributed by atoms with E-state index in [-0.39, 0.29) is 11.7 Å². The highest BCUT2D eigenvalue weighted by molar-refractivity contribution is 5.97. The number of carbonyl (C=O) groups excluding carboxylic acids is 1. The molecule has 4 aromatic rings. The van der Waals surface area contributed by atoms with Crippen molar-refractivity contribution >= 4 is 11.9 Å². The maximum Gasteiger partial charge on any atom is 0.281 e. The third kappa shape index (κ3) is 3.78. The number of benzene rings is 2. The van der Waals surface area contributed by atoms with Crippen LogP contribution in [-0.2, 0) is 6.54 Å². The van der Waals surface area contributed by atoms with Gasteiger partial charge >= 0.3 is 0 Å². The number of nitrogens with zero attached hydrogens (tertiary/aromatic N) is 4. The first-order valence-corrected chi connectivity index (χ1v) is 8.66. The van der Waals surface area contributed by atoms with E-state index >= 15 is 0 Å². The van der Waals surface area contributed by atoms with Gasteiger partial charge in [0.15, 0.2) is 5.82 Å². The fraction of sp³-hybridized carbons (Fsp3) is 0.0476. The molecule has 2 aromatic heterocycles. The van der Waals surface area contributed by atoms with Crippen molar-refractivity contribution in [3.63, 3.8) is 0 Å². The molecule has 6 nitrogen and oxygen atoms in total. The van der Waals surface area contributed by atoms with Crippen LogP contribution in [0.5, 0.6) is 0 Å². The molecular weight excluding hydrogens is 357 g/mol. The summed E-state index contributed by atoms with van der Waals surface area (Å²) < 4.78 is 14.3. The molecule has 4 rings (SSSR count). The average Bonchev–Trinajstić information content (AvgIpc) is 3.18. The second-order valence-electron chi connectivity index (χ2n) is 6.06. The van der Waals surface area contributed by atoms with Gasteiger partial charge in [-0.2, -0.15) is 9.67 Å². The zero-order valence-corrected chi connectivity index (χ0v) is 14.8. The number of rotatable bonds is 5. The van der Waals surface area contributed by atoms with Gasteiger partial charge < -0.3 is 5.32 Å². The number of carbonyl (C=O) groups is 1. The minimum Gasteiger partial charge on any atom is -0.350 e. The Morgan fingerprint density at radius 2 is 1.68 bits per heavy atom. The summed E-state index contributed by atoms with van der Waals surface area (Å²) in [6.45, 7) is 0.372. The molecule has 2 heterocycles. The van der Waals surface area contributed by atoms with Gasteiger partial charge in [0.1, 0.15) is 5.82 Å². The fourth-order valence-corrected chi connectivity index (χ4v) is 2.68. The lowest BCUT2D eigenvalue weighted by Gasteiger charge is -2.07. The Bertz CT molecular complexity index is 1080. The molecule has 0 saturated carbocycles. The predicted molar refractivity (Wildman–Crippen MR) is 103 cm³/mol. The average molecular weight is 373 g/mol. The first-order valence-electron chi connectivity index (χ1n) is 8.66. The molecule has 28 heavy (non-hydrogen) atoms. The molecule has 7 heteroatoms. The molecule has 0 spiro atoms. The van der Waals surface area contributed by atoms with Gasteiger partial charge in [0, 0.05) is 30.1 Å². The van der Waals surface area contributed by atoms with Crippen LogP contribution in [0.15, 0.2) is 79.1 Å². The van der Waals surface area contributed by atoms with Crippen molar-refractivity contribution in [2.75, 3.05) is 5.32 Å². The predicted octanol–water partition coefficient (Wildman–Crippen LogP) is 3.78. The van der Waals surface area contributed by atoms with Gasteiger partial charge in [0.25, 0.3) is 5.91 Å². The van der Waals surface area contributed by atoms with E-state index in [0.717, 1.165) is 11.1 Å². The van der Waals surface area contributed by atoms with Crippen LogP contribution in [0.2, 0.25) is 0 Å². The van der Waals surface area contributed by atoms with Gasteiger partial charge in [-0.25, -0.2) is 4.39 Å². The Labute approximate surface area is 160 Å². The van der Waals surface area contributed by atoms with Crippen LogP contribution in [0.25, 0.3) is 11.4 Å². The SMILES string of the molecule is O=C(c1ccccc1)n1nc(-c2ccncc2)nc1NCc1ccc(F)cc1. The maximum absolute atomic E-state index is 13.1. The summed E-state index contributed by atoms with van der Waals surface area (Å²) >= 11 is 0. The number of hydrogen-bond donors (Lipinski definition) is 1. The minimum atomic E-state index is -0.300. The first-order chi connectivity index (χ1) is 13.7. The summed E-state index contributed by atoms with van der Waals surface area (Å²) in [5, 5.41) is 7.51. The Morgan fingerprint density at radius 3 is 2.39 bits per heavy atom. The molecule has 1 N–H and O–H groups in total. The van der Waals surface area contributed by atoms with Crippen molar-refractivity contribution in [2.24, 2.45) is 0 Å². The lowest BCUT2D eigenvalue weighted by Crippen LogP contribution is -2.17. The van der Waals surface area contributed by atoms with Crippen molar-refractivity contribution in [3.8, 4) is 11.4 Å². The van der Waals surface area contributed by atoms with Crippen molar-refractivity contribution < 1.29 is 9.18 Å². The lowest BCUT2D eigenvalue weighted by atomic mass is 10.2. The van der Waals surface area contributed by atoms with Crippen molar-refractivity contribution in [3.05, 3.63) is 96.1 Å². The summed E-state index contributed by atoms with van der Waals surface area (Å²) in [5.41, 5.74) is 2.10. The highest BCUT2D eigenvalue weighted by atomic mass is 19.1. The van der Waals surface area contributed by atoms with Crippen LogP contribution < -0.4 is 5.32 Å². The lowest BCUT2D eigenvalue weighted by molar-refractivity contribution is 0.0947. The summed E-state index contributed by atoms with van der Waals surface area (Å²) in [7, 11) is 0. The third-order valence-corrected chi connectivity index (χ3v) is 4.12. The van der Waals surface area contributed by atoms with Crippen molar-refractivity contribution in [1.29, 1.82) is 0 Å². The van der Waals surface area contributed by atoms with E-state index in [1.807, 2.05) is 6.07 Å². The molecule has 0 bridgehead atoms. The standard InChI is InChI=1S/C21H16FN5O/c22-18-8-6-15(7-9-18)14-24-21-25-19(16-10-12-23-13-11-16)26-27(21)20(28)17-4-2-1-3-5-17/h1-13H,14H2,(H,24,25,26). The maximum atomic E-state index is 13.1. The van der Waals surface area contributed by atoms with Crippen LogP contribution in [0.3, 0.4) is 0 Å². The summed E-state index contributed by atoms with van der Waals surface area (Å²) in [6.07, 6.45) is 3.28. The topological polar surface area (TPSA) is 72.7 Å². The third-order valence-electron chi connectivity index (χ3n) is 4.12. The fourth-order valence-electron chi connectivity index (χ4n) is 2.68. The smallest absolute Gasteiger partial charge is 0.281 e. The molecule has 0 atom stereocenters. The van der Waals surface area contributed by atoms with Crippen LogP contribution >= 0.6 is 0 Å². The van der Waals surface area contributed by atoms with Crippen molar-refractivity contribution in [1.82, 2.24) is 19.7 Å². The summed E-state index contributed by atoms with van der Waals surface area (Å²) in [5.74, 6) is 0.124. The second-order valence-corrected chi connectivity index (χ2v) is 6.06. The van der Waals surface area contributed by atoms with E-state index in [0.29, 0.717) is 23.9 Å². The van der Waals surface area contributed by atoms with Gasteiger partial charge in [0.2, 0.25) is 5.95 Å². The monoisotopic (exact) mass is 373 g/mol. The van der Waals surface area contributed by atoms with Crippen LogP contribution in [0.4, 0.5) is 10.3 Å². The summed E-state index contributed by atoms with van der Waals surface area (Å²) in [6, 6.07) is 18.5. The van der Waals surface area contributed by atoms with E-state index in [1.165, 1.54) is 16.8 Å². The number of pyridine rings is 1. The highest BCUT2D eigenvalue weighted by Gasteiger charge is 2.18. The van der Waals surface area contributed by atoms with Crippen LogP contribution in [-0.4, -0.2) is 25.7 Å². The van der Waals surface area contributed by atoms with E-state index in [9.17, 15) is 9.18 Å². The minimum absolute atomic E-state index is 0.296. The zero-order chi connectivity index (χ0) is 19.3. The Kier molecular flexibility index (Phi) is 4.88. The molecule has 0 fully saturated rings. The number of nitrogens with one attached hydrogen (secondary N) is 1. The Morgan fingerprint density at radius 1 is 0.964 bits per heavy atom. The molecule has 0 unspecified atom stereocenters. The second kappa shape index (κ2) is 7.79. The van der Waals surface area contributed by atoms with Crippen LogP contribution in [0.1, 0.15) is 15.9 Å². The van der Waals surface area contributed by atoms with Crippen LogP contribution in [0, 0.1) is 5.82 Å². The number of anilines is 1. The molecule has 0 aliphatic rings. The summed E-state index contributed by atoms with van der Waals surface area (Å²) in [4.78, 5) is 21.4. The van der Waals surface area contributed by atoms with Gasteiger partial charge in [-0.15, -0.1) is 5.10 Å². The van der Waals surface area contributed by atoms with Gasteiger partial charge in [0.05, 0.1) is 0 Å². The van der Waals surface area contributed by atoms with Gasteiger partial charge in [-0.05, 0) is 42.0 Å². The van der Waals surface area contributed by atoms with Gasteiger partial charge in [-0.1, -0.05) is 30.3 Å². The highest BCUT2D eigenvalue weighted by Crippen LogP contribution is 2.19. The largest absolute Gasteiger partial charge is 0.350 e. The molecule has 138 valence electrons. The molecular formula is C21H16FN5O. The molecule has 0 aliphatic carbocycles. The molecule has 0 amide bonds. The van der Waals surface area contributed by atoms with E-state index in [4.69, 9.17) is 0 Å². The van der Waals surface area contributed by atoms with Gasteiger partial charge in [-0.3, -0.25) is 9.78 Å². The quantitative estimate of drug-likeness (QED) is 0.576. The number of halogens is 1. The van der Waals surface area contributed by atoms with E-state index < -0.39 is 0 Å². The number of aromatic nitrogens is 4. The van der Waals surface area contributed by atoms with E-state index in [2.05, 4.69) is 20.4 Å². The first kappa shape index (κ1) is 17.5. The number of hydrogen-bond acceptors (Lipinski definition) is 5. The Balaban J connectivity index is 1.67. The molecule has 0 aliphatic heterocycles. The zero-order valence-electron chi connectivity index (χ0n) is 14.8.